The van der Waals surface area contributed by atoms with E-state index in [1.54, 1.807) is 6.20 Å². The molecule has 158 valence electrons. The summed E-state index contributed by atoms with van der Waals surface area (Å²) in [5, 5.41) is 3.21. The van der Waals surface area contributed by atoms with Crippen LogP contribution in [0.5, 0.6) is 0 Å². The molecule has 4 rings (SSSR count). The first-order chi connectivity index (χ1) is 14.3. The van der Waals surface area contributed by atoms with Gasteiger partial charge in [0.2, 0.25) is 11.8 Å². The van der Waals surface area contributed by atoms with E-state index in [0.717, 1.165) is 29.5 Å². The van der Waals surface area contributed by atoms with E-state index in [1.807, 2.05) is 44.0 Å². The second kappa shape index (κ2) is 7.86. The van der Waals surface area contributed by atoms with Crippen molar-refractivity contribution in [1.82, 2.24) is 15.2 Å². The summed E-state index contributed by atoms with van der Waals surface area (Å²) in [6.45, 7) is 6.96. The van der Waals surface area contributed by atoms with Crippen molar-refractivity contribution in [2.75, 3.05) is 13.1 Å². The largest absolute Gasteiger partial charge is 0.353 e. The highest BCUT2D eigenvalue weighted by molar-refractivity contribution is 5.87. The zero-order chi connectivity index (χ0) is 21.4. The van der Waals surface area contributed by atoms with Gasteiger partial charge in [-0.05, 0) is 48.4 Å². The number of carbonyl (C=O) groups excluding carboxylic acids is 2. The van der Waals surface area contributed by atoms with Crippen LogP contribution in [0.25, 0.3) is 11.1 Å². The van der Waals surface area contributed by atoms with Crippen molar-refractivity contribution < 1.29 is 9.59 Å². The van der Waals surface area contributed by atoms with E-state index in [2.05, 4.69) is 34.6 Å². The monoisotopic (exact) mass is 405 g/mol. The van der Waals surface area contributed by atoms with Crippen molar-refractivity contribution >= 4 is 11.8 Å². The summed E-state index contributed by atoms with van der Waals surface area (Å²) < 4.78 is 0. The van der Waals surface area contributed by atoms with E-state index < -0.39 is 10.8 Å². The van der Waals surface area contributed by atoms with Crippen LogP contribution < -0.4 is 5.32 Å². The molecule has 1 aromatic carbocycles. The second-order valence-corrected chi connectivity index (χ2v) is 9.87. The van der Waals surface area contributed by atoms with Crippen LogP contribution in [0.15, 0.2) is 48.8 Å². The Morgan fingerprint density at radius 3 is 2.47 bits per heavy atom. The van der Waals surface area contributed by atoms with Gasteiger partial charge in [-0.25, -0.2) is 0 Å². The summed E-state index contributed by atoms with van der Waals surface area (Å²) in [4.78, 5) is 32.2. The molecule has 0 spiro atoms. The Bertz CT molecular complexity index is 914. The fourth-order valence-corrected chi connectivity index (χ4v) is 4.24. The van der Waals surface area contributed by atoms with Crippen LogP contribution >= 0.6 is 0 Å². The number of nitrogens with zero attached hydrogens (tertiary/aromatic N) is 2. The molecule has 1 aliphatic carbocycles. The molecule has 0 radical (unpaired) electrons. The van der Waals surface area contributed by atoms with Crippen LogP contribution in [-0.2, 0) is 16.0 Å². The van der Waals surface area contributed by atoms with Crippen molar-refractivity contribution in [3.05, 3.63) is 54.4 Å². The maximum absolute atomic E-state index is 13.3. The lowest BCUT2D eigenvalue weighted by molar-refractivity contribution is -0.139. The average molecular weight is 406 g/mol. The van der Waals surface area contributed by atoms with Crippen LogP contribution in [0, 0.1) is 10.8 Å². The van der Waals surface area contributed by atoms with Crippen LogP contribution in [0.3, 0.4) is 0 Å². The fourth-order valence-electron chi connectivity index (χ4n) is 4.24. The van der Waals surface area contributed by atoms with E-state index >= 15 is 0 Å². The molecule has 0 unspecified atom stereocenters. The number of pyridine rings is 1. The number of likely N-dealkylation sites (tertiary alicyclic amines) is 1. The highest BCUT2D eigenvalue weighted by Gasteiger charge is 2.48. The minimum absolute atomic E-state index is 0.102. The second-order valence-electron chi connectivity index (χ2n) is 9.87. The van der Waals surface area contributed by atoms with Crippen molar-refractivity contribution in [2.45, 2.75) is 52.5 Å². The Balaban J connectivity index is 1.55. The van der Waals surface area contributed by atoms with Crippen LogP contribution in [0.1, 0.15) is 45.6 Å². The predicted molar refractivity (Wildman–Crippen MR) is 118 cm³/mol. The Morgan fingerprint density at radius 1 is 1.13 bits per heavy atom. The van der Waals surface area contributed by atoms with Gasteiger partial charge < -0.3 is 10.2 Å². The van der Waals surface area contributed by atoms with E-state index in [9.17, 15) is 9.59 Å². The molecule has 5 heteroatoms. The summed E-state index contributed by atoms with van der Waals surface area (Å²) >= 11 is 0. The van der Waals surface area contributed by atoms with Crippen molar-refractivity contribution in [2.24, 2.45) is 10.8 Å². The van der Waals surface area contributed by atoms with Gasteiger partial charge in [0, 0.05) is 36.9 Å². The molecule has 5 nitrogen and oxygen atoms in total. The van der Waals surface area contributed by atoms with E-state index in [4.69, 9.17) is 0 Å². The lowest BCUT2D eigenvalue weighted by Crippen LogP contribution is -2.47. The first kappa shape index (κ1) is 20.6. The number of rotatable bonds is 5. The minimum Gasteiger partial charge on any atom is -0.353 e. The van der Waals surface area contributed by atoms with Gasteiger partial charge in [-0.3, -0.25) is 14.6 Å². The molecule has 2 amide bonds. The molecule has 1 N–H and O–H groups in total. The van der Waals surface area contributed by atoms with Gasteiger partial charge in [0.1, 0.15) is 0 Å². The first-order valence-electron chi connectivity index (χ1n) is 10.9. The highest BCUT2D eigenvalue weighted by atomic mass is 16.2. The van der Waals surface area contributed by atoms with Crippen molar-refractivity contribution in [3.63, 3.8) is 0 Å². The highest BCUT2D eigenvalue weighted by Crippen LogP contribution is 2.38. The number of benzene rings is 1. The fraction of sp³-hybridized carbons (Fsp3) is 0.480. The van der Waals surface area contributed by atoms with Gasteiger partial charge in [0.25, 0.3) is 0 Å². The smallest absolute Gasteiger partial charge is 0.228 e. The molecule has 2 aromatic rings. The Kier molecular flexibility index (Phi) is 5.39. The Morgan fingerprint density at radius 2 is 1.87 bits per heavy atom. The molecule has 1 aromatic heterocycles. The number of amides is 2. The molecule has 30 heavy (non-hydrogen) atoms. The molecule has 2 heterocycles. The number of aromatic nitrogens is 1. The molecule has 1 saturated carbocycles. The lowest BCUT2D eigenvalue weighted by Gasteiger charge is -2.30. The van der Waals surface area contributed by atoms with Crippen LogP contribution in [0.4, 0.5) is 0 Å². The molecule has 2 fully saturated rings. The van der Waals surface area contributed by atoms with Gasteiger partial charge >= 0.3 is 0 Å². The summed E-state index contributed by atoms with van der Waals surface area (Å²) in [6, 6.07) is 12.7. The predicted octanol–water partition coefficient (Wildman–Crippen LogP) is 3.83. The van der Waals surface area contributed by atoms with E-state index in [-0.39, 0.29) is 11.8 Å². The van der Waals surface area contributed by atoms with E-state index in [0.29, 0.717) is 32.0 Å². The Hall–Kier alpha value is -2.69. The van der Waals surface area contributed by atoms with Gasteiger partial charge in [-0.2, -0.15) is 0 Å². The molecule has 1 saturated heterocycles. The maximum atomic E-state index is 13.3. The van der Waals surface area contributed by atoms with Crippen molar-refractivity contribution in [1.29, 1.82) is 0 Å². The third-order valence-corrected chi connectivity index (χ3v) is 6.17. The summed E-state index contributed by atoms with van der Waals surface area (Å²) in [5.74, 6) is 0.223. The number of nitrogens with one attached hydrogen (secondary N) is 1. The van der Waals surface area contributed by atoms with Gasteiger partial charge in [0.15, 0.2) is 0 Å². The molecule has 1 atom stereocenters. The normalized spacial score (nSPS) is 21.5. The third-order valence-electron chi connectivity index (χ3n) is 6.17. The zero-order valence-corrected chi connectivity index (χ0v) is 18.1. The molecular weight excluding hydrogens is 374 g/mol. The molecule has 0 bridgehead atoms. The molecular formula is C25H31N3O2. The number of carbonyl (C=O) groups is 2. The van der Waals surface area contributed by atoms with Crippen LogP contribution in [-0.4, -0.2) is 40.8 Å². The maximum Gasteiger partial charge on any atom is 0.228 e. The number of hydrogen-bond acceptors (Lipinski definition) is 3. The summed E-state index contributed by atoms with van der Waals surface area (Å²) in [6.07, 6.45) is 7.10. The lowest BCUT2D eigenvalue weighted by atomic mass is 9.79. The third kappa shape index (κ3) is 4.40. The zero-order valence-electron chi connectivity index (χ0n) is 18.1. The summed E-state index contributed by atoms with van der Waals surface area (Å²) in [7, 11) is 0. The molecule has 1 aliphatic heterocycles. The topological polar surface area (TPSA) is 62.3 Å². The van der Waals surface area contributed by atoms with Gasteiger partial charge in [-0.15, -0.1) is 0 Å². The van der Waals surface area contributed by atoms with E-state index in [1.165, 1.54) is 0 Å². The van der Waals surface area contributed by atoms with Gasteiger partial charge in [-0.1, -0.05) is 51.1 Å². The minimum atomic E-state index is -0.556. The Labute approximate surface area is 178 Å². The number of hydrogen-bond donors (Lipinski definition) is 1. The quantitative estimate of drug-likeness (QED) is 0.822. The SMILES string of the molecule is CC(C)(C)C(=O)N1CC[C@@](Cc2ccc(-c3cccnc3)cc2)(C(=O)NC2CC2)C1. The summed E-state index contributed by atoms with van der Waals surface area (Å²) in [5.41, 5.74) is 2.32. The van der Waals surface area contributed by atoms with Gasteiger partial charge in [0.05, 0.1) is 5.41 Å². The van der Waals surface area contributed by atoms with Crippen molar-refractivity contribution in [3.8, 4) is 11.1 Å². The van der Waals surface area contributed by atoms with Crippen LogP contribution in [0.2, 0.25) is 0 Å². The average Bonchev–Trinajstić information content (AvgIpc) is 3.44. The first-order valence-corrected chi connectivity index (χ1v) is 10.9. The standard InChI is InChI=1S/C25H31N3O2/c1-24(2,3)23(30)28-14-12-25(17-28,22(29)27-21-10-11-21)15-18-6-8-19(9-7-18)20-5-4-13-26-16-20/h4-9,13,16,21H,10-12,14-15,17H2,1-3H3,(H,27,29)/t25-/m0/s1. The molecule has 2 aliphatic rings.